The summed E-state index contributed by atoms with van der Waals surface area (Å²) >= 11 is 1.29. The molecule has 0 spiro atoms. The van der Waals surface area contributed by atoms with Crippen LogP contribution in [-0.4, -0.2) is 37.0 Å². The zero-order valence-corrected chi connectivity index (χ0v) is 14.4. The Hall–Kier alpha value is -2.65. The van der Waals surface area contributed by atoms with E-state index in [1.54, 1.807) is 7.05 Å². The summed E-state index contributed by atoms with van der Waals surface area (Å²) in [6.45, 7) is 1.99. The van der Waals surface area contributed by atoms with Crippen molar-refractivity contribution in [3.05, 3.63) is 46.2 Å². The Morgan fingerprint density at radius 1 is 1.25 bits per heavy atom. The van der Waals surface area contributed by atoms with E-state index in [2.05, 4.69) is 0 Å². The Balaban J connectivity index is 2.01. The SMILES string of the molecule is Cc1ccc(-c2ccsc2C(=O)OCC(=O)N(C)CCC#N)cc1. The predicted octanol–water partition coefficient (Wildman–Crippen LogP) is 3.25. The largest absolute Gasteiger partial charge is 0.451 e. The van der Waals surface area contributed by atoms with Gasteiger partial charge < -0.3 is 9.64 Å². The van der Waals surface area contributed by atoms with Crippen LogP contribution >= 0.6 is 11.3 Å². The average molecular weight is 342 g/mol. The number of nitrogens with zero attached hydrogens (tertiary/aromatic N) is 2. The summed E-state index contributed by atoms with van der Waals surface area (Å²) < 4.78 is 5.13. The summed E-state index contributed by atoms with van der Waals surface area (Å²) in [5.41, 5.74) is 2.88. The number of likely N-dealkylation sites (N-methyl/N-ethyl adjacent to an activating group) is 1. The first-order chi connectivity index (χ1) is 11.5. The number of esters is 1. The Morgan fingerprint density at radius 2 is 1.96 bits per heavy atom. The molecule has 124 valence electrons. The number of hydrogen-bond donors (Lipinski definition) is 0. The first-order valence-corrected chi connectivity index (χ1v) is 8.33. The minimum Gasteiger partial charge on any atom is -0.451 e. The van der Waals surface area contributed by atoms with Crippen molar-refractivity contribution < 1.29 is 14.3 Å². The van der Waals surface area contributed by atoms with E-state index >= 15 is 0 Å². The maximum absolute atomic E-state index is 12.3. The van der Waals surface area contributed by atoms with Crippen LogP contribution in [0.2, 0.25) is 0 Å². The molecule has 6 heteroatoms. The van der Waals surface area contributed by atoms with Crippen LogP contribution in [0.3, 0.4) is 0 Å². The maximum atomic E-state index is 12.3. The first-order valence-electron chi connectivity index (χ1n) is 7.45. The molecule has 0 N–H and O–H groups in total. The zero-order valence-electron chi connectivity index (χ0n) is 13.6. The number of benzene rings is 1. The van der Waals surface area contributed by atoms with Crippen LogP contribution in [0.5, 0.6) is 0 Å². The van der Waals surface area contributed by atoms with Crippen LogP contribution < -0.4 is 0 Å². The Labute approximate surface area is 145 Å². The Morgan fingerprint density at radius 3 is 2.62 bits per heavy atom. The zero-order chi connectivity index (χ0) is 17.5. The Bertz CT molecular complexity index is 759. The van der Waals surface area contributed by atoms with Gasteiger partial charge in [-0.05, 0) is 23.9 Å². The van der Waals surface area contributed by atoms with Crippen molar-refractivity contribution in [1.29, 1.82) is 5.26 Å². The van der Waals surface area contributed by atoms with Crippen LogP contribution in [0.4, 0.5) is 0 Å². The van der Waals surface area contributed by atoms with Gasteiger partial charge in [0.1, 0.15) is 4.88 Å². The maximum Gasteiger partial charge on any atom is 0.349 e. The highest BCUT2D eigenvalue weighted by atomic mass is 32.1. The highest BCUT2D eigenvalue weighted by molar-refractivity contribution is 7.12. The number of nitriles is 1. The second kappa shape index (κ2) is 8.27. The first kappa shape index (κ1) is 17.7. The molecule has 0 aliphatic heterocycles. The number of amides is 1. The molecule has 0 aliphatic rings. The molecule has 0 atom stereocenters. The fourth-order valence-corrected chi connectivity index (χ4v) is 2.88. The second-order valence-corrected chi connectivity index (χ2v) is 6.25. The second-order valence-electron chi connectivity index (χ2n) is 5.33. The summed E-state index contributed by atoms with van der Waals surface area (Å²) in [7, 11) is 1.58. The van der Waals surface area contributed by atoms with Gasteiger partial charge in [0.25, 0.3) is 5.91 Å². The van der Waals surface area contributed by atoms with Gasteiger partial charge in [0, 0.05) is 19.2 Å². The van der Waals surface area contributed by atoms with Crippen molar-refractivity contribution >= 4 is 23.2 Å². The molecule has 1 aromatic heterocycles. The normalized spacial score (nSPS) is 10.0. The van der Waals surface area contributed by atoms with Crippen LogP contribution in [0.25, 0.3) is 11.1 Å². The third kappa shape index (κ3) is 4.43. The molecule has 1 aromatic carbocycles. The van der Waals surface area contributed by atoms with E-state index in [-0.39, 0.29) is 18.9 Å². The van der Waals surface area contributed by atoms with Gasteiger partial charge in [0.05, 0.1) is 12.5 Å². The molecule has 1 amide bonds. The molecule has 0 saturated carbocycles. The minimum absolute atomic E-state index is 0.249. The van der Waals surface area contributed by atoms with E-state index < -0.39 is 5.97 Å². The van der Waals surface area contributed by atoms with Gasteiger partial charge >= 0.3 is 5.97 Å². The number of rotatable bonds is 6. The third-order valence-corrected chi connectivity index (χ3v) is 4.42. The lowest BCUT2D eigenvalue weighted by molar-refractivity contribution is -0.133. The average Bonchev–Trinajstić information content (AvgIpc) is 3.07. The molecule has 0 saturated heterocycles. The quantitative estimate of drug-likeness (QED) is 0.756. The summed E-state index contributed by atoms with van der Waals surface area (Å²) in [4.78, 5) is 26.0. The minimum atomic E-state index is -0.511. The molecule has 24 heavy (non-hydrogen) atoms. The monoisotopic (exact) mass is 342 g/mol. The topological polar surface area (TPSA) is 70.4 Å². The van der Waals surface area contributed by atoms with Crippen LogP contribution in [0, 0.1) is 18.3 Å². The number of carbonyl (C=O) groups excluding carboxylic acids is 2. The van der Waals surface area contributed by atoms with Crippen LogP contribution in [-0.2, 0) is 9.53 Å². The van der Waals surface area contributed by atoms with Crippen LogP contribution in [0.15, 0.2) is 35.7 Å². The van der Waals surface area contributed by atoms with E-state index in [0.717, 1.165) is 16.7 Å². The lowest BCUT2D eigenvalue weighted by Crippen LogP contribution is -2.31. The Kier molecular flexibility index (Phi) is 6.10. The number of ether oxygens (including phenoxy) is 1. The van der Waals surface area contributed by atoms with Crippen LogP contribution in [0.1, 0.15) is 21.7 Å². The molecule has 5 nitrogen and oxygen atoms in total. The molecule has 0 unspecified atom stereocenters. The number of carbonyl (C=O) groups is 2. The highest BCUT2D eigenvalue weighted by Gasteiger charge is 2.18. The van der Waals surface area contributed by atoms with E-state index in [1.165, 1.54) is 16.2 Å². The van der Waals surface area contributed by atoms with Crippen molar-refractivity contribution in [2.24, 2.45) is 0 Å². The lowest BCUT2D eigenvalue weighted by Gasteiger charge is -2.15. The number of aryl methyl sites for hydroxylation is 1. The fraction of sp³-hybridized carbons (Fsp3) is 0.278. The van der Waals surface area contributed by atoms with Gasteiger partial charge in [-0.2, -0.15) is 5.26 Å². The van der Waals surface area contributed by atoms with E-state index in [9.17, 15) is 9.59 Å². The van der Waals surface area contributed by atoms with Crippen molar-refractivity contribution in [2.75, 3.05) is 20.2 Å². The van der Waals surface area contributed by atoms with Crippen molar-refractivity contribution in [1.82, 2.24) is 4.90 Å². The van der Waals surface area contributed by atoms with Gasteiger partial charge in [-0.15, -0.1) is 11.3 Å². The third-order valence-electron chi connectivity index (χ3n) is 3.52. The number of thiophene rings is 1. The molecule has 2 rings (SSSR count). The van der Waals surface area contributed by atoms with Gasteiger partial charge in [0.15, 0.2) is 6.61 Å². The van der Waals surface area contributed by atoms with Crippen molar-refractivity contribution in [2.45, 2.75) is 13.3 Å². The molecular weight excluding hydrogens is 324 g/mol. The molecule has 0 fully saturated rings. The summed E-state index contributed by atoms with van der Waals surface area (Å²) in [6.07, 6.45) is 0.249. The van der Waals surface area contributed by atoms with Gasteiger partial charge in [0.2, 0.25) is 0 Å². The van der Waals surface area contributed by atoms with Gasteiger partial charge in [-0.3, -0.25) is 4.79 Å². The van der Waals surface area contributed by atoms with Crippen molar-refractivity contribution in [3.8, 4) is 17.2 Å². The van der Waals surface area contributed by atoms with E-state index in [4.69, 9.17) is 10.00 Å². The molecule has 0 bridgehead atoms. The van der Waals surface area contributed by atoms with Gasteiger partial charge in [-0.25, -0.2) is 4.79 Å². The summed E-state index contributed by atoms with van der Waals surface area (Å²) in [5.74, 6) is -0.838. The molecule has 2 aromatic rings. The fourth-order valence-electron chi connectivity index (χ4n) is 2.07. The molecule has 1 heterocycles. The standard InChI is InChI=1S/C18H18N2O3S/c1-13-4-6-14(7-5-13)15-8-11-24-17(15)18(22)23-12-16(21)20(2)10-3-9-19/h4-8,11H,3,10,12H2,1-2H3. The molecule has 0 aliphatic carbocycles. The van der Waals surface area contributed by atoms with Crippen molar-refractivity contribution in [3.63, 3.8) is 0 Å². The number of hydrogen-bond acceptors (Lipinski definition) is 5. The predicted molar refractivity (Wildman–Crippen MR) is 92.6 cm³/mol. The van der Waals surface area contributed by atoms with E-state index in [0.29, 0.717) is 11.4 Å². The molecule has 0 radical (unpaired) electrons. The van der Waals surface area contributed by atoms with E-state index in [1.807, 2.05) is 48.7 Å². The summed E-state index contributed by atoms with van der Waals surface area (Å²) in [5, 5.41) is 10.4. The summed E-state index contributed by atoms with van der Waals surface area (Å²) in [6, 6.07) is 11.7. The van der Waals surface area contributed by atoms with Gasteiger partial charge in [-0.1, -0.05) is 29.8 Å². The molecular formula is C18H18N2O3S. The smallest absolute Gasteiger partial charge is 0.349 e. The highest BCUT2D eigenvalue weighted by Crippen LogP contribution is 2.29. The lowest BCUT2D eigenvalue weighted by atomic mass is 10.1.